The van der Waals surface area contributed by atoms with Crippen LogP contribution < -0.4 is 4.74 Å². The summed E-state index contributed by atoms with van der Waals surface area (Å²) in [4.78, 5) is 21.8. The molecule has 1 aromatic carbocycles. The second-order valence-electron chi connectivity index (χ2n) is 4.22. The number of hydrogen-bond donors (Lipinski definition) is 0. The SMILES string of the molecule is O=C1CCCC(Oc2c(Br)cccc2[N+](=O)[O-])C1. The van der Waals surface area contributed by atoms with Crippen LogP contribution in [-0.2, 0) is 4.79 Å². The highest BCUT2D eigenvalue weighted by Crippen LogP contribution is 2.36. The van der Waals surface area contributed by atoms with E-state index in [2.05, 4.69) is 15.9 Å². The number of halogens is 1. The summed E-state index contributed by atoms with van der Waals surface area (Å²) in [6.45, 7) is 0. The summed E-state index contributed by atoms with van der Waals surface area (Å²) in [7, 11) is 0. The maximum absolute atomic E-state index is 11.3. The molecule has 0 heterocycles. The molecule has 1 aliphatic carbocycles. The van der Waals surface area contributed by atoms with E-state index in [-0.39, 0.29) is 23.3 Å². The average Bonchev–Trinajstić information content (AvgIpc) is 2.31. The molecule has 0 saturated heterocycles. The van der Waals surface area contributed by atoms with E-state index in [1.807, 2.05) is 0 Å². The van der Waals surface area contributed by atoms with Gasteiger partial charge in [0.2, 0.25) is 5.75 Å². The van der Waals surface area contributed by atoms with Gasteiger partial charge >= 0.3 is 5.69 Å². The van der Waals surface area contributed by atoms with E-state index in [0.717, 1.165) is 12.8 Å². The topological polar surface area (TPSA) is 69.4 Å². The lowest BCUT2D eigenvalue weighted by molar-refractivity contribution is -0.386. The van der Waals surface area contributed by atoms with Crippen molar-refractivity contribution in [1.82, 2.24) is 0 Å². The fraction of sp³-hybridized carbons (Fsp3) is 0.417. The molecule has 1 saturated carbocycles. The molecule has 6 heteroatoms. The number of ether oxygens (including phenoxy) is 1. The molecule has 5 nitrogen and oxygen atoms in total. The molecule has 0 aliphatic heterocycles. The van der Waals surface area contributed by atoms with Crippen molar-refractivity contribution in [2.45, 2.75) is 31.8 Å². The van der Waals surface area contributed by atoms with Gasteiger partial charge in [0.1, 0.15) is 11.9 Å². The van der Waals surface area contributed by atoms with Crippen LogP contribution in [0.5, 0.6) is 5.75 Å². The number of carbonyl (C=O) groups excluding carboxylic acids is 1. The molecule has 0 aromatic heterocycles. The molecule has 1 unspecified atom stereocenters. The van der Waals surface area contributed by atoms with Crippen molar-refractivity contribution >= 4 is 27.4 Å². The molecular formula is C12H12BrNO4. The van der Waals surface area contributed by atoms with Crippen LogP contribution in [0.15, 0.2) is 22.7 Å². The van der Waals surface area contributed by atoms with E-state index in [0.29, 0.717) is 17.3 Å². The maximum atomic E-state index is 11.3. The normalized spacial score (nSPS) is 19.6. The van der Waals surface area contributed by atoms with Crippen molar-refractivity contribution in [1.29, 1.82) is 0 Å². The summed E-state index contributed by atoms with van der Waals surface area (Å²) >= 11 is 3.24. The average molecular weight is 314 g/mol. The lowest BCUT2D eigenvalue weighted by Gasteiger charge is -2.22. The van der Waals surface area contributed by atoms with Gasteiger partial charge < -0.3 is 4.74 Å². The Hall–Kier alpha value is -1.43. The second-order valence-corrected chi connectivity index (χ2v) is 5.07. The first kappa shape index (κ1) is 13.0. The van der Waals surface area contributed by atoms with Gasteiger partial charge in [-0.15, -0.1) is 0 Å². The minimum Gasteiger partial charge on any atom is -0.482 e. The van der Waals surface area contributed by atoms with Crippen LogP contribution in [0.25, 0.3) is 0 Å². The van der Waals surface area contributed by atoms with Crippen molar-refractivity contribution in [3.63, 3.8) is 0 Å². The second kappa shape index (κ2) is 5.48. The van der Waals surface area contributed by atoms with Gasteiger partial charge in [-0.1, -0.05) is 6.07 Å². The summed E-state index contributed by atoms with van der Waals surface area (Å²) < 4.78 is 6.18. The van der Waals surface area contributed by atoms with E-state index in [1.165, 1.54) is 6.07 Å². The summed E-state index contributed by atoms with van der Waals surface area (Å²) in [5, 5.41) is 10.9. The molecule has 1 aliphatic rings. The van der Waals surface area contributed by atoms with Gasteiger partial charge in [0, 0.05) is 18.9 Å². The Morgan fingerprint density at radius 2 is 2.22 bits per heavy atom. The van der Waals surface area contributed by atoms with Crippen LogP contribution in [-0.4, -0.2) is 16.8 Å². The number of hydrogen-bond acceptors (Lipinski definition) is 4. The summed E-state index contributed by atoms with van der Waals surface area (Å²) in [5.41, 5.74) is -0.0811. The predicted octanol–water partition coefficient (Wildman–Crippen LogP) is 3.25. The van der Waals surface area contributed by atoms with Gasteiger partial charge in [0.25, 0.3) is 0 Å². The Morgan fingerprint density at radius 1 is 1.44 bits per heavy atom. The van der Waals surface area contributed by atoms with Gasteiger partial charge in [0.05, 0.1) is 9.40 Å². The van der Waals surface area contributed by atoms with Gasteiger partial charge in [-0.05, 0) is 34.8 Å². The third kappa shape index (κ3) is 2.87. The van der Waals surface area contributed by atoms with Crippen LogP contribution in [0.4, 0.5) is 5.69 Å². The van der Waals surface area contributed by atoms with Crippen LogP contribution in [0, 0.1) is 10.1 Å². The summed E-state index contributed by atoms with van der Waals surface area (Å²) in [6.07, 6.45) is 2.19. The minimum absolute atomic E-state index is 0.0811. The molecule has 1 fully saturated rings. The number of carbonyl (C=O) groups is 1. The van der Waals surface area contributed by atoms with Crippen LogP contribution in [0.2, 0.25) is 0 Å². The molecule has 2 rings (SSSR count). The zero-order valence-corrected chi connectivity index (χ0v) is 11.2. The molecule has 0 radical (unpaired) electrons. The number of nitro groups is 1. The van der Waals surface area contributed by atoms with E-state index in [4.69, 9.17) is 4.74 Å². The Kier molecular flexibility index (Phi) is 3.96. The molecule has 0 spiro atoms. The first-order valence-electron chi connectivity index (χ1n) is 5.69. The summed E-state index contributed by atoms with van der Waals surface area (Å²) in [5.74, 6) is 0.364. The molecule has 0 N–H and O–H groups in total. The number of benzene rings is 1. The third-order valence-corrected chi connectivity index (χ3v) is 3.49. The van der Waals surface area contributed by atoms with Crippen LogP contribution >= 0.6 is 15.9 Å². The molecule has 0 amide bonds. The van der Waals surface area contributed by atoms with Crippen LogP contribution in [0.1, 0.15) is 25.7 Å². The zero-order valence-electron chi connectivity index (χ0n) is 9.60. The number of ketones is 1. The van der Waals surface area contributed by atoms with Crippen molar-refractivity contribution in [3.8, 4) is 5.75 Å². The molecule has 0 bridgehead atoms. The van der Waals surface area contributed by atoms with Gasteiger partial charge in [-0.25, -0.2) is 0 Å². The van der Waals surface area contributed by atoms with Gasteiger partial charge in [-0.2, -0.15) is 0 Å². The zero-order chi connectivity index (χ0) is 13.1. The number of para-hydroxylation sites is 1. The largest absolute Gasteiger partial charge is 0.482 e. The Morgan fingerprint density at radius 3 is 2.89 bits per heavy atom. The van der Waals surface area contributed by atoms with Crippen molar-refractivity contribution in [2.24, 2.45) is 0 Å². The quantitative estimate of drug-likeness (QED) is 0.634. The van der Waals surface area contributed by atoms with E-state index < -0.39 is 4.92 Å². The number of nitro benzene ring substituents is 1. The fourth-order valence-corrected chi connectivity index (χ4v) is 2.46. The maximum Gasteiger partial charge on any atom is 0.312 e. The molecular weight excluding hydrogens is 302 g/mol. The van der Waals surface area contributed by atoms with E-state index >= 15 is 0 Å². The van der Waals surface area contributed by atoms with Crippen LogP contribution in [0.3, 0.4) is 0 Å². The Labute approximate surface area is 112 Å². The first-order chi connectivity index (χ1) is 8.58. The third-order valence-electron chi connectivity index (χ3n) is 2.86. The molecule has 1 atom stereocenters. The predicted molar refractivity (Wildman–Crippen MR) is 68.7 cm³/mol. The fourth-order valence-electron chi connectivity index (χ4n) is 2.01. The molecule has 1 aromatic rings. The summed E-state index contributed by atoms with van der Waals surface area (Å²) in [6, 6.07) is 4.67. The monoisotopic (exact) mass is 313 g/mol. The molecule has 18 heavy (non-hydrogen) atoms. The van der Waals surface area contributed by atoms with Crippen molar-refractivity contribution in [3.05, 3.63) is 32.8 Å². The Bertz CT molecular complexity index is 489. The molecule has 96 valence electrons. The highest BCUT2D eigenvalue weighted by molar-refractivity contribution is 9.10. The number of rotatable bonds is 3. The standard InChI is InChI=1S/C12H12BrNO4/c13-10-5-2-6-11(14(16)17)12(10)18-9-4-1-3-8(15)7-9/h2,5-6,9H,1,3-4,7H2. The first-order valence-corrected chi connectivity index (χ1v) is 6.48. The Balaban J connectivity index is 2.22. The smallest absolute Gasteiger partial charge is 0.312 e. The lowest BCUT2D eigenvalue weighted by Crippen LogP contribution is -2.25. The van der Waals surface area contributed by atoms with Crippen molar-refractivity contribution in [2.75, 3.05) is 0 Å². The van der Waals surface area contributed by atoms with E-state index in [1.54, 1.807) is 12.1 Å². The van der Waals surface area contributed by atoms with Gasteiger partial charge in [-0.3, -0.25) is 14.9 Å². The van der Waals surface area contributed by atoms with Crippen molar-refractivity contribution < 1.29 is 14.5 Å². The number of nitrogens with zero attached hydrogens (tertiary/aromatic N) is 1. The van der Waals surface area contributed by atoms with Gasteiger partial charge in [0.15, 0.2) is 0 Å². The minimum atomic E-state index is -0.481. The highest BCUT2D eigenvalue weighted by atomic mass is 79.9. The lowest BCUT2D eigenvalue weighted by atomic mass is 9.96. The van der Waals surface area contributed by atoms with E-state index in [9.17, 15) is 14.9 Å². The highest BCUT2D eigenvalue weighted by Gasteiger charge is 2.25. The number of Topliss-reactive ketones (excluding diaryl/α,β-unsaturated/α-hetero) is 1.